The second kappa shape index (κ2) is 4.84. The third-order valence-electron chi connectivity index (χ3n) is 4.83. The van der Waals surface area contributed by atoms with E-state index in [-0.39, 0.29) is 0 Å². The molecule has 3 nitrogen and oxygen atoms in total. The molecule has 0 aromatic carbocycles. The molecule has 0 amide bonds. The SMILES string of the molecule is CC1CCCC(CN2CCC(C)(C)C2)(C(=O)O)C1. The summed E-state index contributed by atoms with van der Waals surface area (Å²) in [5.41, 5.74) is -0.113. The summed E-state index contributed by atoms with van der Waals surface area (Å²) in [6.45, 7) is 9.64. The normalized spacial score (nSPS) is 36.7. The molecule has 1 aliphatic carbocycles. The first-order chi connectivity index (χ1) is 8.33. The van der Waals surface area contributed by atoms with Crippen molar-refractivity contribution >= 4 is 5.97 Å². The van der Waals surface area contributed by atoms with Gasteiger partial charge in [-0.15, -0.1) is 0 Å². The lowest BCUT2D eigenvalue weighted by molar-refractivity contribution is -0.153. The van der Waals surface area contributed by atoms with Gasteiger partial charge in [-0.2, -0.15) is 0 Å². The van der Waals surface area contributed by atoms with Gasteiger partial charge in [-0.25, -0.2) is 0 Å². The number of nitrogens with zero attached hydrogens (tertiary/aromatic N) is 1. The minimum Gasteiger partial charge on any atom is -0.481 e. The van der Waals surface area contributed by atoms with E-state index in [0.29, 0.717) is 11.3 Å². The van der Waals surface area contributed by atoms with Crippen LogP contribution in [0.2, 0.25) is 0 Å². The lowest BCUT2D eigenvalue weighted by atomic mass is 9.69. The van der Waals surface area contributed by atoms with E-state index in [9.17, 15) is 9.90 Å². The first-order valence-corrected chi connectivity index (χ1v) is 7.29. The molecule has 1 saturated heterocycles. The molecular formula is C15H27NO2. The maximum Gasteiger partial charge on any atom is 0.310 e. The molecule has 18 heavy (non-hydrogen) atoms. The predicted molar refractivity (Wildman–Crippen MR) is 72.5 cm³/mol. The molecule has 2 atom stereocenters. The van der Waals surface area contributed by atoms with Crippen LogP contribution in [0.25, 0.3) is 0 Å². The number of carboxylic acid groups (broad SMARTS) is 1. The van der Waals surface area contributed by atoms with Crippen LogP contribution >= 0.6 is 0 Å². The summed E-state index contributed by atoms with van der Waals surface area (Å²) in [5, 5.41) is 9.67. The lowest BCUT2D eigenvalue weighted by Crippen LogP contribution is -2.45. The van der Waals surface area contributed by atoms with Gasteiger partial charge in [0.25, 0.3) is 0 Å². The Balaban J connectivity index is 2.05. The second-order valence-corrected chi connectivity index (χ2v) is 7.41. The predicted octanol–water partition coefficient (Wildman–Crippen LogP) is 3.00. The van der Waals surface area contributed by atoms with Gasteiger partial charge in [-0.3, -0.25) is 4.79 Å². The number of carboxylic acids is 1. The molecule has 1 saturated carbocycles. The van der Waals surface area contributed by atoms with Crippen molar-refractivity contribution < 1.29 is 9.90 Å². The van der Waals surface area contributed by atoms with Crippen LogP contribution in [0, 0.1) is 16.7 Å². The van der Waals surface area contributed by atoms with Gasteiger partial charge in [-0.05, 0) is 37.1 Å². The number of hydrogen-bond acceptors (Lipinski definition) is 2. The van der Waals surface area contributed by atoms with Crippen molar-refractivity contribution in [2.45, 2.75) is 52.9 Å². The van der Waals surface area contributed by atoms with E-state index in [1.807, 2.05) is 0 Å². The molecule has 104 valence electrons. The molecule has 1 N–H and O–H groups in total. The van der Waals surface area contributed by atoms with Gasteiger partial charge in [0.2, 0.25) is 0 Å². The van der Waals surface area contributed by atoms with Gasteiger partial charge in [0.05, 0.1) is 5.41 Å². The molecular weight excluding hydrogens is 226 g/mol. The topological polar surface area (TPSA) is 40.5 Å². The Kier molecular flexibility index (Phi) is 3.72. The van der Waals surface area contributed by atoms with Gasteiger partial charge in [0.1, 0.15) is 0 Å². The molecule has 1 aliphatic heterocycles. The number of rotatable bonds is 3. The highest BCUT2D eigenvalue weighted by molar-refractivity contribution is 5.75. The molecule has 2 unspecified atom stereocenters. The van der Waals surface area contributed by atoms with E-state index in [1.165, 1.54) is 12.8 Å². The fourth-order valence-electron chi connectivity index (χ4n) is 3.85. The third kappa shape index (κ3) is 2.87. The van der Waals surface area contributed by atoms with Gasteiger partial charge >= 0.3 is 5.97 Å². The lowest BCUT2D eigenvalue weighted by Gasteiger charge is -2.39. The van der Waals surface area contributed by atoms with E-state index in [0.717, 1.165) is 38.9 Å². The van der Waals surface area contributed by atoms with Crippen molar-refractivity contribution in [2.24, 2.45) is 16.7 Å². The molecule has 0 aromatic rings. The van der Waals surface area contributed by atoms with Gasteiger partial charge in [0, 0.05) is 13.1 Å². The van der Waals surface area contributed by atoms with Crippen molar-refractivity contribution in [3.8, 4) is 0 Å². The van der Waals surface area contributed by atoms with Crippen molar-refractivity contribution in [1.82, 2.24) is 4.90 Å². The monoisotopic (exact) mass is 253 g/mol. The Labute approximate surface area is 111 Å². The summed E-state index contributed by atoms with van der Waals surface area (Å²) in [5.74, 6) is -0.00998. The van der Waals surface area contributed by atoms with Gasteiger partial charge in [0.15, 0.2) is 0 Å². The number of likely N-dealkylation sites (tertiary alicyclic amines) is 1. The average molecular weight is 253 g/mol. The van der Waals surface area contributed by atoms with Crippen LogP contribution in [0.5, 0.6) is 0 Å². The van der Waals surface area contributed by atoms with Crippen LogP contribution in [0.4, 0.5) is 0 Å². The summed E-state index contributed by atoms with van der Waals surface area (Å²) in [6, 6.07) is 0. The van der Waals surface area contributed by atoms with E-state index in [2.05, 4.69) is 25.7 Å². The van der Waals surface area contributed by atoms with Crippen LogP contribution in [0.1, 0.15) is 52.9 Å². The first kappa shape index (κ1) is 13.9. The van der Waals surface area contributed by atoms with Gasteiger partial charge in [-0.1, -0.05) is 33.6 Å². The van der Waals surface area contributed by atoms with E-state index in [1.54, 1.807) is 0 Å². The van der Waals surface area contributed by atoms with E-state index >= 15 is 0 Å². The average Bonchev–Trinajstić information content (AvgIpc) is 2.57. The fraction of sp³-hybridized carbons (Fsp3) is 0.933. The molecule has 0 aromatic heterocycles. The summed E-state index contributed by atoms with van der Waals surface area (Å²) in [4.78, 5) is 14.1. The van der Waals surface area contributed by atoms with Crippen LogP contribution in [0.15, 0.2) is 0 Å². The zero-order chi connectivity index (χ0) is 13.4. The summed E-state index contributed by atoms with van der Waals surface area (Å²) in [6.07, 6.45) is 5.19. The summed E-state index contributed by atoms with van der Waals surface area (Å²) < 4.78 is 0. The molecule has 0 radical (unpaired) electrons. The highest BCUT2D eigenvalue weighted by Gasteiger charge is 2.44. The number of aliphatic carboxylic acids is 1. The van der Waals surface area contributed by atoms with Crippen LogP contribution in [0.3, 0.4) is 0 Å². The second-order valence-electron chi connectivity index (χ2n) is 7.41. The number of hydrogen-bond donors (Lipinski definition) is 1. The Morgan fingerprint density at radius 1 is 1.39 bits per heavy atom. The standard InChI is InChI=1S/C15H27NO2/c1-12-5-4-6-15(9-12,13(17)18)11-16-8-7-14(2,3)10-16/h12H,4-11H2,1-3H3,(H,17,18). The third-order valence-corrected chi connectivity index (χ3v) is 4.83. The van der Waals surface area contributed by atoms with E-state index < -0.39 is 11.4 Å². The molecule has 1 heterocycles. The quantitative estimate of drug-likeness (QED) is 0.840. The number of carbonyl (C=O) groups is 1. The summed E-state index contributed by atoms with van der Waals surface area (Å²) in [7, 11) is 0. The van der Waals surface area contributed by atoms with Crippen molar-refractivity contribution in [3.63, 3.8) is 0 Å². The van der Waals surface area contributed by atoms with Crippen molar-refractivity contribution in [2.75, 3.05) is 19.6 Å². The Morgan fingerprint density at radius 2 is 2.11 bits per heavy atom. The van der Waals surface area contributed by atoms with Crippen LogP contribution < -0.4 is 0 Å². The highest BCUT2D eigenvalue weighted by atomic mass is 16.4. The van der Waals surface area contributed by atoms with Crippen LogP contribution in [-0.4, -0.2) is 35.6 Å². The maximum atomic E-state index is 11.7. The van der Waals surface area contributed by atoms with Crippen molar-refractivity contribution in [3.05, 3.63) is 0 Å². The Morgan fingerprint density at radius 3 is 2.61 bits per heavy atom. The molecule has 2 aliphatic rings. The Hall–Kier alpha value is -0.570. The molecule has 2 fully saturated rings. The zero-order valence-electron chi connectivity index (χ0n) is 12.0. The smallest absolute Gasteiger partial charge is 0.310 e. The molecule has 0 spiro atoms. The fourth-order valence-corrected chi connectivity index (χ4v) is 3.85. The Bertz CT molecular complexity index is 326. The minimum atomic E-state index is -0.571. The largest absolute Gasteiger partial charge is 0.481 e. The van der Waals surface area contributed by atoms with Crippen LogP contribution in [-0.2, 0) is 4.79 Å². The zero-order valence-corrected chi connectivity index (χ0v) is 12.0. The first-order valence-electron chi connectivity index (χ1n) is 7.29. The minimum absolute atomic E-state index is 0.361. The highest BCUT2D eigenvalue weighted by Crippen LogP contribution is 2.42. The maximum absolute atomic E-state index is 11.7. The van der Waals surface area contributed by atoms with Gasteiger partial charge < -0.3 is 10.0 Å². The van der Waals surface area contributed by atoms with E-state index in [4.69, 9.17) is 0 Å². The van der Waals surface area contributed by atoms with Crippen molar-refractivity contribution in [1.29, 1.82) is 0 Å². The molecule has 3 heteroatoms. The summed E-state index contributed by atoms with van der Waals surface area (Å²) >= 11 is 0. The molecule has 0 bridgehead atoms. The molecule has 2 rings (SSSR count).